The van der Waals surface area contributed by atoms with Crippen LogP contribution in [-0.4, -0.2) is 45.9 Å². The summed E-state index contributed by atoms with van der Waals surface area (Å²) in [7, 11) is 1.55. The third-order valence-corrected chi connectivity index (χ3v) is 5.42. The van der Waals surface area contributed by atoms with Crippen molar-refractivity contribution in [3.8, 4) is 5.75 Å². The number of rotatable bonds is 7. The molecule has 2 aromatic heterocycles. The number of aliphatic hydroxyl groups is 1. The van der Waals surface area contributed by atoms with E-state index in [0.717, 1.165) is 38.2 Å². The molecule has 1 aromatic carbocycles. The molecule has 4 rings (SSSR count). The van der Waals surface area contributed by atoms with E-state index in [-0.39, 0.29) is 18.6 Å². The average Bonchev–Trinajstić information content (AvgIpc) is 3.43. The smallest absolute Gasteiger partial charge is 0.260 e. The van der Waals surface area contributed by atoms with E-state index in [4.69, 9.17) is 14.3 Å². The highest BCUT2D eigenvalue weighted by Crippen LogP contribution is 2.27. The van der Waals surface area contributed by atoms with Crippen LogP contribution in [0.3, 0.4) is 0 Å². The second-order valence-electron chi connectivity index (χ2n) is 7.35. The number of para-hydroxylation sites is 1. The van der Waals surface area contributed by atoms with Crippen LogP contribution in [0, 0.1) is 0 Å². The minimum atomic E-state index is -0.218. The van der Waals surface area contributed by atoms with Gasteiger partial charge in [0.15, 0.2) is 0 Å². The molecule has 0 aliphatic carbocycles. The number of carbonyl (C=O) groups is 1. The first-order valence-electron chi connectivity index (χ1n) is 10.1. The highest BCUT2D eigenvalue weighted by molar-refractivity contribution is 6.05. The first-order chi connectivity index (χ1) is 14.7. The summed E-state index contributed by atoms with van der Waals surface area (Å²) in [5, 5.41) is 16.6. The van der Waals surface area contributed by atoms with Crippen molar-refractivity contribution in [2.24, 2.45) is 0 Å². The number of hydrogen-bond acceptors (Lipinski definition) is 6. The van der Waals surface area contributed by atoms with Crippen molar-refractivity contribution in [2.75, 3.05) is 25.5 Å². The van der Waals surface area contributed by atoms with Crippen molar-refractivity contribution in [1.82, 2.24) is 14.7 Å². The van der Waals surface area contributed by atoms with Crippen molar-refractivity contribution in [2.45, 2.75) is 32.0 Å². The standard InChI is InChI=1S/C22H26N4O4/c1-29-20-5-3-2-4-19(20)22(28)24-21-8-11-23-26(21)16-9-12-25(13-10-16)14-17-6-7-18(15-27)30-17/h2-8,11,16,27H,9-10,12-15H2,1H3,(H,24,28). The first kappa shape index (κ1) is 20.2. The molecule has 0 saturated carbocycles. The van der Waals surface area contributed by atoms with Gasteiger partial charge in [0.05, 0.1) is 31.5 Å². The summed E-state index contributed by atoms with van der Waals surface area (Å²) >= 11 is 0. The summed E-state index contributed by atoms with van der Waals surface area (Å²) in [4.78, 5) is 15.1. The van der Waals surface area contributed by atoms with E-state index >= 15 is 0 Å². The van der Waals surface area contributed by atoms with Gasteiger partial charge in [-0.3, -0.25) is 9.69 Å². The molecule has 0 unspecified atom stereocenters. The molecule has 0 radical (unpaired) electrons. The molecule has 1 amide bonds. The van der Waals surface area contributed by atoms with Crippen LogP contribution in [0.4, 0.5) is 5.82 Å². The van der Waals surface area contributed by atoms with Crippen molar-refractivity contribution < 1.29 is 19.1 Å². The highest BCUT2D eigenvalue weighted by atomic mass is 16.5. The van der Waals surface area contributed by atoms with Gasteiger partial charge in [-0.15, -0.1) is 0 Å². The molecule has 2 N–H and O–H groups in total. The Kier molecular flexibility index (Phi) is 6.15. The van der Waals surface area contributed by atoms with Crippen molar-refractivity contribution in [3.05, 3.63) is 65.7 Å². The van der Waals surface area contributed by atoms with Gasteiger partial charge < -0.3 is 19.6 Å². The Bertz CT molecular complexity index is 988. The minimum Gasteiger partial charge on any atom is -0.496 e. The van der Waals surface area contributed by atoms with E-state index in [1.165, 1.54) is 0 Å². The molecule has 0 bridgehead atoms. The third kappa shape index (κ3) is 4.39. The second kappa shape index (κ2) is 9.15. The molecule has 1 aliphatic rings. The minimum absolute atomic E-state index is 0.0786. The quantitative estimate of drug-likeness (QED) is 0.622. The average molecular weight is 410 g/mol. The summed E-state index contributed by atoms with van der Waals surface area (Å²) < 4.78 is 12.8. The normalized spacial score (nSPS) is 15.3. The monoisotopic (exact) mass is 410 g/mol. The second-order valence-corrected chi connectivity index (χ2v) is 7.35. The number of nitrogens with zero attached hydrogens (tertiary/aromatic N) is 3. The highest BCUT2D eigenvalue weighted by Gasteiger charge is 2.24. The lowest BCUT2D eigenvalue weighted by Gasteiger charge is -2.32. The lowest BCUT2D eigenvalue weighted by atomic mass is 10.1. The van der Waals surface area contributed by atoms with Crippen LogP contribution < -0.4 is 10.1 Å². The molecule has 8 heteroatoms. The lowest BCUT2D eigenvalue weighted by Crippen LogP contribution is -2.34. The molecule has 1 aliphatic heterocycles. The zero-order valence-corrected chi connectivity index (χ0v) is 17.0. The van der Waals surface area contributed by atoms with Gasteiger partial charge >= 0.3 is 0 Å². The van der Waals surface area contributed by atoms with Crippen molar-refractivity contribution in [1.29, 1.82) is 0 Å². The van der Waals surface area contributed by atoms with Gasteiger partial charge in [-0.05, 0) is 37.1 Å². The Morgan fingerprint density at radius 2 is 1.97 bits per heavy atom. The lowest BCUT2D eigenvalue weighted by molar-refractivity contribution is 0.102. The summed E-state index contributed by atoms with van der Waals surface area (Å²) in [5.41, 5.74) is 0.489. The molecule has 3 heterocycles. The van der Waals surface area contributed by atoms with Gasteiger partial charge in [0.2, 0.25) is 0 Å². The molecular weight excluding hydrogens is 384 g/mol. The van der Waals surface area contributed by atoms with E-state index in [1.807, 2.05) is 35.0 Å². The number of ether oxygens (including phenoxy) is 1. The molecule has 30 heavy (non-hydrogen) atoms. The van der Waals surface area contributed by atoms with Crippen molar-refractivity contribution >= 4 is 11.7 Å². The number of benzene rings is 1. The Labute approximate surface area is 175 Å². The fourth-order valence-electron chi connectivity index (χ4n) is 3.85. The van der Waals surface area contributed by atoms with Crippen LogP contribution in [0.25, 0.3) is 0 Å². The van der Waals surface area contributed by atoms with Gasteiger partial charge in [0, 0.05) is 19.2 Å². The van der Waals surface area contributed by atoms with Gasteiger partial charge in [-0.25, -0.2) is 4.68 Å². The Morgan fingerprint density at radius 1 is 1.20 bits per heavy atom. The largest absolute Gasteiger partial charge is 0.496 e. The number of methoxy groups -OCH3 is 1. The SMILES string of the molecule is COc1ccccc1C(=O)Nc1ccnn1C1CCN(Cc2ccc(CO)o2)CC1. The molecule has 3 aromatic rings. The molecule has 158 valence electrons. The number of hydrogen-bond donors (Lipinski definition) is 2. The number of piperidine rings is 1. The van der Waals surface area contributed by atoms with Crippen LogP contribution in [0.2, 0.25) is 0 Å². The van der Waals surface area contributed by atoms with E-state index in [9.17, 15) is 4.79 Å². The van der Waals surface area contributed by atoms with Crippen LogP contribution in [0.15, 0.2) is 53.1 Å². The maximum atomic E-state index is 12.7. The number of furan rings is 1. The van der Waals surface area contributed by atoms with Gasteiger partial charge in [-0.2, -0.15) is 5.10 Å². The molecular formula is C22H26N4O4. The van der Waals surface area contributed by atoms with E-state index in [1.54, 1.807) is 25.4 Å². The predicted octanol–water partition coefficient (Wildman–Crippen LogP) is 3.07. The molecule has 1 saturated heterocycles. The molecule has 0 atom stereocenters. The first-order valence-corrected chi connectivity index (χ1v) is 10.1. The number of carbonyl (C=O) groups excluding carboxylic acids is 1. The molecule has 0 spiro atoms. The Balaban J connectivity index is 1.37. The number of likely N-dealkylation sites (tertiary alicyclic amines) is 1. The van der Waals surface area contributed by atoms with Crippen LogP contribution >= 0.6 is 0 Å². The third-order valence-electron chi connectivity index (χ3n) is 5.42. The number of aliphatic hydroxyl groups excluding tert-OH is 1. The van der Waals surface area contributed by atoms with E-state index in [2.05, 4.69) is 15.3 Å². The zero-order chi connectivity index (χ0) is 20.9. The molecule has 1 fully saturated rings. The number of aromatic nitrogens is 2. The maximum absolute atomic E-state index is 12.7. The van der Waals surface area contributed by atoms with Crippen LogP contribution in [0.1, 0.15) is 40.8 Å². The Morgan fingerprint density at radius 3 is 2.70 bits per heavy atom. The molecule has 8 nitrogen and oxygen atoms in total. The van der Waals surface area contributed by atoms with E-state index in [0.29, 0.717) is 22.9 Å². The van der Waals surface area contributed by atoms with Crippen LogP contribution in [-0.2, 0) is 13.2 Å². The van der Waals surface area contributed by atoms with Crippen LogP contribution in [0.5, 0.6) is 5.75 Å². The maximum Gasteiger partial charge on any atom is 0.260 e. The summed E-state index contributed by atoms with van der Waals surface area (Å²) in [6.07, 6.45) is 3.56. The van der Waals surface area contributed by atoms with Gasteiger partial charge in [-0.1, -0.05) is 12.1 Å². The summed E-state index contributed by atoms with van der Waals surface area (Å²) in [6.45, 7) is 2.45. The van der Waals surface area contributed by atoms with Crippen molar-refractivity contribution in [3.63, 3.8) is 0 Å². The zero-order valence-electron chi connectivity index (χ0n) is 17.0. The number of anilines is 1. The summed E-state index contributed by atoms with van der Waals surface area (Å²) in [5.74, 6) is 2.46. The van der Waals surface area contributed by atoms with Gasteiger partial charge in [0.1, 0.15) is 29.7 Å². The Hall–Kier alpha value is -3.10. The fourth-order valence-corrected chi connectivity index (χ4v) is 3.85. The topological polar surface area (TPSA) is 92.8 Å². The number of amides is 1. The van der Waals surface area contributed by atoms with E-state index < -0.39 is 0 Å². The predicted molar refractivity (Wildman–Crippen MR) is 111 cm³/mol. The number of nitrogens with one attached hydrogen (secondary N) is 1. The fraction of sp³-hybridized carbons (Fsp3) is 0.364. The summed E-state index contributed by atoms with van der Waals surface area (Å²) in [6, 6.07) is 12.9. The van der Waals surface area contributed by atoms with Gasteiger partial charge in [0.25, 0.3) is 5.91 Å².